The zero-order valence-corrected chi connectivity index (χ0v) is 14.0. The van der Waals surface area contributed by atoms with E-state index in [1.807, 2.05) is 11.3 Å². The van der Waals surface area contributed by atoms with E-state index in [0.717, 1.165) is 18.6 Å². The van der Waals surface area contributed by atoms with Gasteiger partial charge in [0.1, 0.15) is 0 Å². The van der Waals surface area contributed by atoms with E-state index in [1.165, 1.54) is 47.8 Å². The first-order chi connectivity index (χ1) is 9.45. The molecule has 112 valence electrons. The second kappa shape index (κ2) is 5.30. The summed E-state index contributed by atoms with van der Waals surface area (Å²) < 4.78 is 0. The summed E-state index contributed by atoms with van der Waals surface area (Å²) in [5.74, 6) is 0. The number of thiazole rings is 1. The van der Waals surface area contributed by atoms with Crippen molar-refractivity contribution >= 4 is 16.5 Å². The summed E-state index contributed by atoms with van der Waals surface area (Å²) in [5.41, 5.74) is 1.42. The summed E-state index contributed by atoms with van der Waals surface area (Å²) in [6.07, 6.45) is 6.73. The number of nitrogens with zero attached hydrogens (tertiary/aromatic N) is 2. The van der Waals surface area contributed by atoms with Crippen molar-refractivity contribution in [2.24, 2.45) is 0 Å². The molecule has 20 heavy (non-hydrogen) atoms. The van der Waals surface area contributed by atoms with E-state index in [1.54, 1.807) is 0 Å². The first-order valence-electron chi connectivity index (χ1n) is 7.91. The SMILES string of the molecule is CN(c1nc(C(C)(C)C)c(CNC2CC2)s1)C1CCC1. The maximum atomic E-state index is 4.99. The van der Waals surface area contributed by atoms with Crippen molar-refractivity contribution in [3.05, 3.63) is 10.6 Å². The molecule has 0 aromatic carbocycles. The van der Waals surface area contributed by atoms with Crippen LogP contribution in [0.4, 0.5) is 5.13 Å². The van der Waals surface area contributed by atoms with E-state index < -0.39 is 0 Å². The summed E-state index contributed by atoms with van der Waals surface area (Å²) in [6.45, 7) is 7.81. The van der Waals surface area contributed by atoms with E-state index in [-0.39, 0.29) is 5.41 Å². The minimum atomic E-state index is 0.135. The Morgan fingerprint density at radius 2 is 1.95 bits per heavy atom. The lowest BCUT2D eigenvalue weighted by Crippen LogP contribution is -2.37. The fraction of sp³-hybridized carbons (Fsp3) is 0.812. The molecule has 0 spiro atoms. The molecule has 1 aromatic heterocycles. The van der Waals surface area contributed by atoms with Crippen molar-refractivity contribution in [3.8, 4) is 0 Å². The Labute approximate surface area is 126 Å². The highest BCUT2D eigenvalue weighted by atomic mass is 32.1. The minimum Gasteiger partial charge on any atom is -0.348 e. The number of aromatic nitrogens is 1. The van der Waals surface area contributed by atoms with Crippen LogP contribution in [-0.2, 0) is 12.0 Å². The van der Waals surface area contributed by atoms with Gasteiger partial charge in [-0.05, 0) is 32.1 Å². The lowest BCUT2D eigenvalue weighted by Gasteiger charge is -2.34. The van der Waals surface area contributed by atoms with Crippen LogP contribution in [0.1, 0.15) is 63.4 Å². The van der Waals surface area contributed by atoms with Gasteiger partial charge in [0.25, 0.3) is 0 Å². The number of anilines is 1. The van der Waals surface area contributed by atoms with Crippen LogP contribution in [-0.4, -0.2) is 24.1 Å². The normalized spacial score (nSPS) is 20.0. The van der Waals surface area contributed by atoms with Crippen LogP contribution in [0.15, 0.2) is 0 Å². The van der Waals surface area contributed by atoms with Crippen LogP contribution in [0, 0.1) is 0 Å². The molecule has 1 heterocycles. The van der Waals surface area contributed by atoms with E-state index >= 15 is 0 Å². The Morgan fingerprint density at radius 3 is 2.45 bits per heavy atom. The molecule has 1 N–H and O–H groups in total. The lowest BCUT2D eigenvalue weighted by molar-refractivity contribution is 0.400. The average Bonchev–Trinajstić information content (AvgIpc) is 3.00. The minimum absolute atomic E-state index is 0.135. The molecular weight excluding hydrogens is 266 g/mol. The van der Waals surface area contributed by atoms with Gasteiger partial charge in [-0.2, -0.15) is 0 Å². The van der Waals surface area contributed by atoms with E-state index in [0.29, 0.717) is 0 Å². The average molecular weight is 293 g/mol. The van der Waals surface area contributed by atoms with Crippen LogP contribution in [0.5, 0.6) is 0 Å². The van der Waals surface area contributed by atoms with Crippen molar-refractivity contribution in [1.29, 1.82) is 0 Å². The predicted octanol–water partition coefficient (Wildman–Crippen LogP) is 3.68. The second-order valence-corrected chi connectivity index (χ2v) is 8.43. The fourth-order valence-electron chi connectivity index (χ4n) is 2.65. The number of nitrogens with one attached hydrogen (secondary N) is 1. The van der Waals surface area contributed by atoms with Crippen molar-refractivity contribution in [3.63, 3.8) is 0 Å². The summed E-state index contributed by atoms with van der Waals surface area (Å²) in [6, 6.07) is 1.48. The van der Waals surface area contributed by atoms with Gasteiger partial charge < -0.3 is 10.2 Å². The van der Waals surface area contributed by atoms with Gasteiger partial charge >= 0.3 is 0 Å². The number of rotatable bonds is 5. The highest BCUT2D eigenvalue weighted by Crippen LogP contribution is 2.37. The molecule has 0 bridgehead atoms. The zero-order valence-electron chi connectivity index (χ0n) is 13.2. The Bertz CT molecular complexity index is 467. The molecule has 2 aliphatic rings. The van der Waals surface area contributed by atoms with Crippen molar-refractivity contribution in [1.82, 2.24) is 10.3 Å². The van der Waals surface area contributed by atoms with Crippen LogP contribution < -0.4 is 10.2 Å². The lowest BCUT2D eigenvalue weighted by atomic mass is 9.91. The Kier molecular flexibility index (Phi) is 3.80. The van der Waals surface area contributed by atoms with Gasteiger partial charge in [-0.15, -0.1) is 11.3 Å². The quantitative estimate of drug-likeness (QED) is 0.897. The van der Waals surface area contributed by atoms with Gasteiger partial charge in [-0.3, -0.25) is 0 Å². The standard InChI is InChI=1S/C16H27N3S/c1-16(2,3)14-13(10-17-11-8-9-11)20-15(18-14)19(4)12-6-5-7-12/h11-12,17H,5-10H2,1-4H3. The molecular formula is C16H27N3S. The fourth-order valence-corrected chi connectivity index (χ4v) is 3.91. The van der Waals surface area contributed by atoms with Crippen LogP contribution in [0.2, 0.25) is 0 Å². The summed E-state index contributed by atoms with van der Waals surface area (Å²) in [5, 5.41) is 4.86. The molecule has 0 unspecified atom stereocenters. The first-order valence-corrected chi connectivity index (χ1v) is 8.73. The Morgan fingerprint density at radius 1 is 1.25 bits per heavy atom. The second-order valence-electron chi connectivity index (χ2n) is 7.37. The van der Waals surface area contributed by atoms with Crippen LogP contribution >= 0.6 is 11.3 Å². The molecule has 2 saturated carbocycles. The third-order valence-corrected chi connectivity index (χ3v) is 5.60. The number of hydrogen-bond donors (Lipinski definition) is 1. The van der Waals surface area contributed by atoms with Gasteiger partial charge in [0, 0.05) is 36.0 Å². The van der Waals surface area contributed by atoms with Gasteiger partial charge in [-0.1, -0.05) is 20.8 Å². The summed E-state index contributed by atoms with van der Waals surface area (Å²) in [7, 11) is 2.22. The maximum Gasteiger partial charge on any atom is 0.185 e. The summed E-state index contributed by atoms with van der Waals surface area (Å²) >= 11 is 1.89. The smallest absolute Gasteiger partial charge is 0.185 e. The largest absolute Gasteiger partial charge is 0.348 e. The van der Waals surface area contributed by atoms with Crippen molar-refractivity contribution in [2.45, 2.75) is 76.9 Å². The van der Waals surface area contributed by atoms with E-state index in [2.05, 4.69) is 38.0 Å². The molecule has 3 rings (SSSR count). The monoisotopic (exact) mass is 293 g/mol. The van der Waals surface area contributed by atoms with Gasteiger partial charge in [-0.25, -0.2) is 4.98 Å². The predicted molar refractivity (Wildman–Crippen MR) is 86.7 cm³/mol. The van der Waals surface area contributed by atoms with Crippen LogP contribution in [0.25, 0.3) is 0 Å². The Balaban J connectivity index is 1.79. The van der Waals surface area contributed by atoms with Gasteiger partial charge in [0.15, 0.2) is 5.13 Å². The van der Waals surface area contributed by atoms with Crippen LogP contribution in [0.3, 0.4) is 0 Å². The molecule has 4 heteroatoms. The van der Waals surface area contributed by atoms with Gasteiger partial charge in [0.05, 0.1) is 5.69 Å². The maximum absolute atomic E-state index is 4.99. The third-order valence-electron chi connectivity index (χ3n) is 4.45. The van der Waals surface area contributed by atoms with Gasteiger partial charge in [0.2, 0.25) is 0 Å². The molecule has 3 nitrogen and oxygen atoms in total. The molecule has 2 aliphatic carbocycles. The molecule has 0 radical (unpaired) electrons. The molecule has 1 aromatic rings. The van der Waals surface area contributed by atoms with E-state index in [4.69, 9.17) is 4.98 Å². The third kappa shape index (κ3) is 3.01. The van der Waals surface area contributed by atoms with Crippen molar-refractivity contribution in [2.75, 3.05) is 11.9 Å². The molecule has 0 saturated heterocycles. The highest BCUT2D eigenvalue weighted by molar-refractivity contribution is 7.15. The first kappa shape index (κ1) is 14.3. The summed E-state index contributed by atoms with van der Waals surface area (Å²) in [4.78, 5) is 8.83. The number of hydrogen-bond acceptors (Lipinski definition) is 4. The molecule has 0 amide bonds. The molecule has 2 fully saturated rings. The molecule has 0 aliphatic heterocycles. The van der Waals surface area contributed by atoms with E-state index in [9.17, 15) is 0 Å². The zero-order chi connectivity index (χ0) is 14.3. The Hall–Kier alpha value is -0.610. The molecule has 0 atom stereocenters. The highest BCUT2D eigenvalue weighted by Gasteiger charge is 2.29. The topological polar surface area (TPSA) is 28.2 Å². The van der Waals surface area contributed by atoms with Crippen molar-refractivity contribution < 1.29 is 0 Å².